The van der Waals surface area contributed by atoms with Gasteiger partial charge in [-0.15, -0.1) is 12.4 Å². The Morgan fingerprint density at radius 1 is 1.13 bits per heavy atom. The average Bonchev–Trinajstić information content (AvgIpc) is 2.96. The van der Waals surface area contributed by atoms with Crippen LogP contribution in [-0.4, -0.2) is 30.1 Å². The monoisotopic (exact) mass is 374 g/mol. The number of nitrogens with zero attached hydrogens (tertiary/aromatic N) is 1. The molecule has 1 aromatic heterocycles. The quantitative estimate of drug-likeness (QED) is 0.774. The maximum Gasteiger partial charge on any atom is 0.146 e. The van der Waals surface area contributed by atoms with Crippen molar-refractivity contribution in [3.05, 3.63) is 40.0 Å². The van der Waals surface area contributed by atoms with E-state index in [9.17, 15) is 0 Å². The maximum atomic E-state index is 6.22. The first-order valence-electron chi connectivity index (χ1n) is 7.61. The molecule has 1 aliphatic rings. The summed E-state index contributed by atoms with van der Waals surface area (Å²) in [6.45, 7) is 3.32. The molecule has 0 spiro atoms. The van der Waals surface area contributed by atoms with E-state index in [1.807, 2.05) is 6.07 Å². The van der Waals surface area contributed by atoms with Crippen molar-refractivity contribution in [2.24, 2.45) is 0 Å². The van der Waals surface area contributed by atoms with Gasteiger partial charge in [0.25, 0.3) is 0 Å². The summed E-state index contributed by atoms with van der Waals surface area (Å²) in [6.07, 6.45) is 3.95. The number of H-pyrrole nitrogens is 1. The third-order valence-electron chi connectivity index (χ3n) is 4.09. The van der Waals surface area contributed by atoms with Crippen LogP contribution >= 0.6 is 35.6 Å². The molecule has 0 saturated carbocycles. The number of aromatic amines is 1. The van der Waals surface area contributed by atoms with Crippen LogP contribution in [0.15, 0.2) is 24.3 Å². The molecule has 1 N–H and O–H groups in total. The highest BCUT2D eigenvalue weighted by molar-refractivity contribution is 6.36. The van der Waals surface area contributed by atoms with Crippen LogP contribution < -0.4 is 4.74 Å². The molecule has 126 valence electrons. The minimum absolute atomic E-state index is 0. The van der Waals surface area contributed by atoms with Gasteiger partial charge in [-0.3, -0.25) is 4.90 Å². The molecule has 3 rings (SSSR count). The van der Waals surface area contributed by atoms with Crippen molar-refractivity contribution in [2.45, 2.75) is 25.8 Å². The molecule has 0 atom stereocenters. The van der Waals surface area contributed by atoms with Crippen molar-refractivity contribution >= 4 is 35.6 Å². The minimum atomic E-state index is 0. The number of halogens is 3. The predicted molar refractivity (Wildman–Crippen MR) is 99.2 cm³/mol. The van der Waals surface area contributed by atoms with Crippen molar-refractivity contribution in [2.75, 3.05) is 20.2 Å². The molecule has 2 aromatic rings. The van der Waals surface area contributed by atoms with Crippen molar-refractivity contribution in [3.63, 3.8) is 0 Å². The van der Waals surface area contributed by atoms with E-state index in [-0.39, 0.29) is 12.4 Å². The van der Waals surface area contributed by atoms with Gasteiger partial charge in [0.1, 0.15) is 5.75 Å². The summed E-state index contributed by atoms with van der Waals surface area (Å²) in [4.78, 5) is 5.95. The highest BCUT2D eigenvalue weighted by Crippen LogP contribution is 2.38. The molecular formula is C17H21Cl3N2O. The second kappa shape index (κ2) is 8.29. The van der Waals surface area contributed by atoms with Crippen LogP contribution in [0.3, 0.4) is 0 Å². The Hall–Kier alpha value is -0.870. The lowest BCUT2D eigenvalue weighted by Crippen LogP contribution is -2.29. The fourth-order valence-corrected chi connectivity index (χ4v) is 3.59. The lowest BCUT2D eigenvalue weighted by molar-refractivity contribution is 0.219. The van der Waals surface area contributed by atoms with E-state index >= 15 is 0 Å². The highest BCUT2D eigenvalue weighted by Gasteiger charge is 2.15. The molecule has 1 saturated heterocycles. The summed E-state index contributed by atoms with van der Waals surface area (Å²) < 4.78 is 5.42. The first-order valence-corrected chi connectivity index (χ1v) is 8.36. The molecule has 0 unspecified atom stereocenters. The van der Waals surface area contributed by atoms with E-state index in [4.69, 9.17) is 27.9 Å². The SMILES string of the molecule is COc1c(Cl)cc(Cl)cc1-c1ccc(CN2CCCCC2)[nH]1.Cl. The van der Waals surface area contributed by atoms with Gasteiger partial charge in [0, 0.05) is 28.5 Å². The topological polar surface area (TPSA) is 28.3 Å². The number of piperidine rings is 1. The molecule has 0 aliphatic carbocycles. The van der Waals surface area contributed by atoms with Gasteiger partial charge >= 0.3 is 0 Å². The van der Waals surface area contributed by atoms with Gasteiger partial charge in [0.05, 0.1) is 12.1 Å². The Kier molecular flexibility index (Phi) is 6.66. The van der Waals surface area contributed by atoms with Gasteiger partial charge < -0.3 is 9.72 Å². The van der Waals surface area contributed by atoms with E-state index in [2.05, 4.69) is 22.0 Å². The van der Waals surface area contributed by atoms with Gasteiger partial charge in [0.2, 0.25) is 0 Å². The second-order valence-corrected chi connectivity index (χ2v) is 6.55. The van der Waals surface area contributed by atoms with Gasteiger partial charge in [-0.05, 0) is 50.2 Å². The number of aromatic nitrogens is 1. The standard InChI is InChI=1S/C17H20Cl2N2O.ClH/c1-22-17-14(9-12(18)10-15(17)19)16-6-5-13(20-16)11-21-7-3-2-4-8-21;/h5-6,9-10,20H,2-4,7-8,11H2,1H3;1H. The fraction of sp³-hybridized carbons (Fsp3) is 0.412. The smallest absolute Gasteiger partial charge is 0.146 e. The Morgan fingerprint density at radius 3 is 2.57 bits per heavy atom. The zero-order chi connectivity index (χ0) is 15.5. The number of rotatable bonds is 4. The number of likely N-dealkylation sites (tertiary alicyclic amines) is 1. The van der Waals surface area contributed by atoms with Crippen molar-refractivity contribution in [1.82, 2.24) is 9.88 Å². The molecule has 1 aromatic carbocycles. The van der Waals surface area contributed by atoms with Crippen molar-refractivity contribution in [3.8, 4) is 17.0 Å². The summed E-state index contributed by atoms with van der Waals surface area (Å²) in [5, 5.41) is 1.13. The molecule has 0 bridgehead atoms. The van der Waals surface area contributed by atoms with Crippen LogP contribution in [0.1, 0.15) is 25.0 Å². The third kappa shape index (κ3) is 4.36. The first kappa shape index (κ1) is 18.5. The number of methoxy groups -OCH3 is 1. The molecular weight excluding hydrogens is 355 g/mol. The molecule has 0 radical (unpaired) electrons. The van der Waals surface area contributed by atoms with Crippen LogP contribution in [0.25, 0.3) is 11.3 Å². The van der Waals surface area contributed by atoms with Gasteiger partial charge in [-0.25, -0.2) is 0 Å². The van der Waals surface area contributed by atoms with E-state index < -0.39 is 0 Å². The number of hydrogen-bond donors (Lipinski definition) is 1. The molecule has 3 nitrogen and oxygen atoms in total. The normalized spacial score (nSPS) is 15.3. The zero-order valence-corrected chi connectivity index (χ0v) is 15.4. The summed E-state index contributed by atoms with van der Waals surface area (Å²) in [5.74, 6) is 0.650. The molecule has 23 heavy (non-hydrogen) atoms. The Morgan fingerprint density at radius 2 is 1.87 bits per heavy atom. The molecule has 1 fully saturated rings. The molecule has 0 amide bonds. The largest absolute Gasteiger partial charge is 0.494 e. The highest BCUT2D eigenvalue weighted by atomic mass is 35.5. The molecule has 6 heteroatoms. The first-order chi connectivity index (χ1) is 10.7. The number of ether oxygens (including phenoxy) is 1. The van der Waals surface area contributed by atoms with Gasteiger partial charge in [0.15, 0.2) is 0 Å². The van der Waals surface area contributed by atoms with Crippen LogP contribution in [0.2, 0.25) is 10.0 Å². The second-order valence-electron chi connectivity index (χ2n) is 5.70. The van der Waals surface area contributed by atoms with Crippen molar-refractivity contribution in [1.29, 1.82) is 0 Å². The van der Waals surface area contributed by atoms with Crippen LogP contribution in [0, 0.1) is 0 Å². The average molecular weight is 376 g/mol. The zero-order valence-electron chi connectivity index (χ0n) is 13.1. The maximum absolute atomic E-state index is 6.22. The Balaban J connectivity index is 0.00000192. The summed E-state index contributed by atoms with van der Waals surface area (Å²) >= 11 is 12.3. The van der Waals surface area contributed by atoms with Crippen LogP contribution in [0.4, 0.5) is 0 Å². The molecule has 1 aliphatic heterocycles. The van der Waals surface area contributed by atoms with Gasteiger partial charge in [-0.2, -0.15) is 0 Å². The van der Waals surface area contributed by atoms with Crippen LogP contribution in [0.5, 0.6) is 5.75 Å². The summed E-state index contributed by atoms with van der Waals surface area (Å²) in [7, 11) is 1.62. The summed E-state index contributed by atoms with van der Waals surface area (Å²) in [6, 6.07) is 7.76. The third-order valence-corrected chi connectivity index (χ3v) is 4.59. The number of benzene rings is 1. The van der Waals surface area contributed by atoms with E-state index in [0.717, 1.165) is 17.8 Å². The summed E-state index contributed by atoms with van der Waals surface area (Å²) in [5.41, 5.74) is 3.08. The van der Waals surface area contributed by atoms with Crippen LogP contribution in [-0.2, 0) is 6.54 Å². The van der Waals surface area contributed by atoms with E-state index in [1.54, 1.807) is 13.2 Å². The fourth-order valence-electron chi connectivity index (χ4n) is 3.02. The lowest BCUT2D eigenvalue weighted by atomic mass is 10.1. The Labute approximate surface area is 153 Å². The van der Waals surface area contributed by atoms with E-state index in [1.165, 1.54) is 38.0 Å². The van der Waals surface area contributed by atoms with Gasteiger partial charge in [-0.1, -0.05) is 29.6 Å². The Bertz CT molecular complexity index is 651. The number of nitrogens with one attached hydrogen (secondary N) is 1. The van der Waals surface area contributed by atoms with Crippen molar-refractivity contribution < 1.29 is 4.74 Å². The molecule has 2 heterocycles. The predicted octanol–water partition coefficient (Wildman–Crippen LogP) is 5.40. The lowest BCUT2D eigenvalue weighted by Gasteiger charge is -2.25. The number of hydrogen-bond acceptors (Lipinski definition) is 2. The minimum Gasteiger partial charge on any atom is -0.494 e. The van der Waals surface area contributed by atoms with E-state index in [0.29, 0.717) is 15.8 Å².